The number of anilines is 2. The molecule has 0 fully saturated rings. The predicted octanol–water partition coefficient (Wildman–Crippen LogP) is -0.184. The van der Waals surface area contributed by atoms with Crippen molar-refractivity contribution in [2.45, 2.75) is 13.0 Å². The smallest absolute Gasteiger partial charge is 0.243 e. The minimum Gasteiger partial charge on any atom is -0.368 e. The number of nitrogens with two attached hydrogens (primary N) is 1. The first-order chi connectivity index (χ1) is 5.77. The molecule has 0 amide bonds. The molecule has 1 aromatic heterocycles. The minimum absolute atomic E-state index is 0.328. The number of nitrogens with zero attached hydrogens (tertiary/aromatic N) is 4. The van der Waals surface area contributed by atoms with Gasteiger partial charge in [0.1, 0.15) is 0 Å². The van der Waals surface area contributed by atoms with E-state index in [2.05, 4.69) is 15.4 Å². The van der Waals surface area contributed by atoms with Gasteiger partial charge in [-0.1, -0.05) is 0 Å². The van der Waals surface area contributed by atoms with Crippen molar-refractivity contribution in [2.75, 3.05) is 18.1 Å². The molecular formula is C6H10N6. The number of aromatic nitrogens is 3. The molecule has 1 rings (SSSR count). The molecule has 0 aliphatic rings. The van der Waals surface area contributed by atoms with Gasteiger partial charge in [0.2, 0.25) is 11.9 Å². The third-order valence-corrected chi connectivity index (χ3v) is 1.36. The van der Waals surface area contributed by atoms with Crippen LogP contribution in [-0.2, 0) is 6.54 Å². The summed E-state index contributed by atoms with van der Waals surface area (Å²) >= 11 is 0. The third kappa shape index (κ3) is 1.63. The number of hydrogen-bond donors (Lipinski definition) is 2. The highest BCUT2D eigenvalue weighted by Crippen LogP contribution is 2.04. The molecule has 0 bridgehead atoms. The van der Waals surface area contributed by atoms with Gasteiger partial charge in [-0.2, -0.15) is 10.2 Å². The van der Waals surface area contributed by atoms with Crippen LogP contribution >= 0.6 is 0 Å². The Kier molecular flexibility index (Phi) is 2.48. The molecule has 12 heavy (non-hydrogen) atoms. The Morgan fingerprint density at radius 3 is 3.00 bits per heavy atom. The van der Waals surface area contributed by atoms with Crippen molar-refractivity contribution in [1.29, 1.82) is 5.26 Å². The van der Waals surface area contributed by atoms with E-state index in [1.54, 1.807) is 7.05 Å². The average molecular weight is 166 g/mol. The van der Waals surface area contributed by atoms with Gasteiger partial charge in [0.15, 0.2) is 0 Å². The number of rotatable bonds is 3. The Labute approximate surface area is 70.0 Å². The van der Waals surface area contributed by atoms with Gasteiger partial charge in [-0.25, -0.2) is 4.68 Å². The summed E-state index contributed by atoms with van der Waals surface area (Å²) in [5.41, 5.74) is 5.50. The van der Waals surface area contributed by atoms with Crippen LogP contribution in [0.15, 0.2) is 0 Å². The molecule has 0 atom stereocenters. The van der Waals surface area contributed by atoms with Crippen LogP contribution in [0.2, 0.25) is 0 Å². The summed E-state index contributed by atoms with van der Waals surface area (Å²) in [6, 6.07) is 2.01. The lowest BCUT2D eigenvalue weighted by Gasteiger charge is -1.95. The quantitative estimate of drug-likeness (QED) is 0.649. The summed E-state index contributed by atoms with van der Waals surface area (Å²) in [4.78, 5) is 3.89. The molecule has 0 radical (unpaired) electrons. The van der Waals surface area contributed by atoms with E-state index in [0.29, 0.717) is 24.9 Å². The van der Waals surface area contributed by atoms with Gasteiger partial charge in [-0.15, -0.1) is 5.10 Å². The zero-order valence-corrected chi connectivity index (χ0v) is 6.78. The number of nitrogen functional groups attached to an aromatic ring is 1. The Morgan fingerprint density at radius 1 is 1.75 bits per heavy atom. The topological polar surface area (TPSA) is 92.5 Å². The van der Waals surface area contributed by atoms with Crippen molar-refractivity contribution < 1.29 is 0 Å². The summed E-state index contributed by atoms with van der Waals surface area (Å²) in [5.74, 6) is 0.806. The molecule has 0 saturated carbocycles. The summed E-state index contributed by atoms with van der Waals surface area (Å²) in [6.07, 6.45) is 0.386. The number of nitriles is 1. The van der Waals surface area contributed by atoms with E-state index < -0.39 is 0 Å². The fourth-order valence-electron chi connectivity index (χ4n) is 0.780. The van der Waals surface area contributed by atoms with Gasteiger partial charge in [0.05, 0.1) is 19.0 Å². The zero-order chi connectivity index (χ0) is 8.97. The fraction of sp³-hybridized carbons (Fsp3) is 0.500. The molecule has 64 valence electrons. The normalized spacial score (nSPS) is 9.33. The lowest BCUT2D eigenvalue weighted by atomic mass is 10.5. The molecule has 0 spiro atoms. The Balaban J connectivity index is 2.72. The Morgan fingerprint density at radius 2 is 2.50 bits per heavy atom. The second kappa shape index (κ2) is 3.57. The summed E-state index contributed by atoms with van der Waals surface area (Å²) in [6.45, 7) is 0.483. The third-order valence-electron chi connectivity index (χ3n) is 1.36. The summed E-state index contributed by atoms with van der Waals surface area (Å²) in [5, 5.41) is 15.1. The molecule has 0 aliphatic heterocycles. The van der Waals surface area contributed by atoms with Gasteiger partial charge >= 0.3 is 0 Å². The molecule has 6 nitrogen and oxygen atoms in total. The van der Waals surface area contributed by atoms with Crippen LogP contribution in [0.4, 0.5) is 11.9 Å². The zero-order valence-electron chi connectivity index (χ0n) is 6.78. The van der Waals surface area contributed by atoms with Crippen molar-refractivity contribution in [3.8, 4) is 6.07 Å². The van der Waals surface area contributed by atoms with E-state index in [1.807, 2.05) is 6.07 Å². The molecule has 1 aromatic rings. The average Bonchev–Trinajstić information content (AvgIpc) is 2.43. The van der Waals surface area contributed by atoms with Crippen molar-refractivity contribution in [3.63, 3.8) is 0 Å². The van der Waals surface area contributed by atoms with Crippen LogP contribution in [0.25, 0.3) is 0 Å². The molecule has 6 heteroatoms. The van der Waals surface area contributed by atoms with Gasteiger partial charge in [0, 0.05) is 7.05 Å². The largest absolute Gasteiger partial charge is 0.368 e. The Bertz CT molecular complexity index is 295. The number of aryl methyl sites for hydroxylation is 1. The van der Waals surface area contributed by atoms with Crippen molar-refractivity contribution in [2.24, 2.45) is 0 Å². The fourth-order valence-corrected chi connectivity index (χ4v) is 0.780. The monoisotopic (exact) mass is 166 g/mol. The van der Waals surface area contributed by atoms with E-state index in [1.165, 1.54) is 4.68 Å². The second-order valence-electron chi connectivity index (χ2n) is 2.17. The first kappa shape index (κ1) is 8.33. The van der Waals surface area contributed by atoms with E-state index in [9.17, 15) is 0 Å². The Hall–Kier alpha value is -1.77. The second-order valence-corrected chi connectivity index (χ2v) is 2.17. The molecule has 1 heterocycles. The van der Waals surface area contributed by atoms with Gasteiger partial charge in [-0.05, 0) is 0 Å². The molecule has 0 aromatic carbocycles. The van der Waals surface area contributed by atoms with Crippen LogP contribution in [-0.4, -0.2) is 21.8 Å². The van der Waals surface area contributed by atoms with E-state index in [0.717, 1.165) is 0 Å². The lowest BCUT2D eigenvalue weighted by Crippen LogP contribution is -2.04. The SMILES string of the molecule is CNc1nc(N)n(CCC#N)n1. The predicted molar refractivity (Wildman–Crippen MR) is 44.2 cm³/mol. The molecular weight excluding hydrogens is 156 g/mol. The summed E-state index contributed by atoms with van der Waals surface area (Å²) < 4.78 is 1.50. The first-order valence-corrected chi connectivity index (χ1v) is 3.53. The van der Waals surface area contributed by atoms with Gasteiger partial charge in [0.25, 0.3) is 0 Å². The maximum absolute atomic E-state index is 8.31. The van der Waals surface area contributed by atoms with Crippen molar-refractivity contribution in [1.82, 2.24) is 14.8 Å². The van der Waals surface area contributed by atoms with Crippen LogP contribution in [0.5, 0.6) is 0 Å². The highest BCUT2D eigenvalue weighted by molar-refractivity contribution is 5.30. The maximum Gasteiger partial charge on any atom is 0.243 e. The molecule has 0 saturated heterocycles. The highest BCUT2D eigenvalue weighted by Gasteiger charge is 2.03. The number of nitrogens with one attached hydrogen (secondary N) is 1. The van der Waals surface area contributed by atoms with Gasteiger partial charge in [-0.3, -0.25) is 0 Å². The van der Waals surface area contributed by atoms with E-state index in [4.69, 9.17) is 11.0 Å². The van der Waals surface area contributed by atoms with Gasteiger partial charge < -0.3 is 11.1 Å². The van der Waals surface area contributed by atoms with Crippen LogP contribution in [0.3, 0.4) is 0 Å². The minimum atomic E-state index is 0.328. The lowest BCUT2D eigenvalue weighted by molar-refractivity contribution is 0.637. The molecule has 0 aliphatic carbocycles. The molecule has 0 unspecified atom stereocenters. The van der Waals surface area contributed by atoms with Crippen LogP contribution < -0.4 is 11.1 Å². The van der Waals surface area contributed by atoms with Crippen molar-refractivity contribution in [3.05, 3.63) is 0 Å². The molecule has 3 N–H and O–H groups in total. The standard InChI is InChI=1S/C6H10N6/c1-9-6-10-5(8)12(11-6)4-2-3-7/h2,4H2,1H3,(H3,8,9,10,11). The first-order valence-electron chi connectivity index (χ1n) is 3.53. The highest BCUT2D eigenvalue weighted by atomic mass is 15.4. The van der Waals surface area contributed by atoms with E-state index >= 15 is 0 Å². The number of hydrogen-bond acceptors (Lipinski definition) is 5. The van der Waals surface area contributed by atoms with Crippen LogP contribution in [0.1, 0.15) is 6.42 Å². The van der Waals surface area contributed by atoms with Crippen molar-refractivity contribution >= 4 is 11.9 Å². The van der Waals surface area contributed by atoms with Crippen LogP contribution in [0, 0.1) is 11.3 Å². The van der Waals surface area contributed by atoms with E-state index in [-0.39, 0.29) is 0 Å². The maximum atomic E-state index is 8.31. The summed E-state index contributed by atoms with van der Waals surface area (Å²) in [7, 11) is 1.71.